The minimum absolute atomic E-state index is 0.627. The number of nitrogens with one attached hydrogen (secondary N) is 1. The topological polar surface area (TPSA) is 66.8 Å². The number of rotatable bonds is 4. The Morgan fingerprint density at radius 2 is 1.88 bits per heavy atom. The van der Waals surface area contributed by atoms with E-state index in [9.17, 15) is 0 Å². The molecule has 1 aliphatic carbocycles. The zero-order valence-electron chi connectivity index (χ0n) is 14.2. The predicted molar refractivity (Wildman–Crippen MR) is 100 cm³/mol. The van der Waals surface area contributed by atoms with Gasteiger partial charge in [0.25, 0.3) is 0 Å². The number of fused-ring (bicyclic) bond motifs is 2. The molecule has 130 valence electrons. The van der Waals surface area contributed by atoms with E-state index in [4.69, 9.17) is 0 Å². The van der Waals surface area contributed by atoms with Gasteiger partial charge >= 0.3 is 0 Å². The van der Waals surface area contributed by atoms with Crippen LogP contribution in [0.25, 0.3) is 0 Å². The van der Waals surface area contributed by atoms with Gasteiger partial charge in [0, 0.05) is 37.7 Å². The van der Waals surface area contributed by atoms with Crippen LogP contribution in [0, 0.1) is 5.92 Å². The minimum Gasteiger partial charge on any atom is -0.368 e. The molecule has 0 saturated carbocycles. The summed E-state index contributed by atoms with van der Waals surface area (Å²) in [6.07, 6.45) is 4.52. The minimum atomic E-state index is 0.627. The maximum Gasteiger partial charge on any atom is 0.151 e. The van der Waals surface area contributed by atoms with Gasteiger partial charge in [-0.3, -0.25) is 0 Å². The third kappa shape index (κ3) is 3.05. The number of hydrogen-bond donors (Lipinski definition) is 1. The molecule has 3 aliphatic rings. The summed E-state index contributed by atoms with van der Waals surface area (Å²) in [6, 6.07) is 4.42. The van der Waals surface area contributed by atoms with E-state index in [0.29, 0.717) is 5.92 Å². The Morgan fingerprint density at radius 3 is 2.84 bits per heavy atom. The summed E-state index contributed by atoms with van der Waals surface area (Å²) >= 11 is 1.98. The van der Waals surface area contributed by atoms with Crippen LogP contribution >= 0.6 is 11.8 Å². The smallest absolute Gasteiger partial charge is 0.151 e. The summed E-state index contributed by atoms with van der Waals surface area (Å²) in [5.74, 6) is 4.81. The molecule has 25 heavy (non-hydrogen) atoms. The van der Waals surface area contributed by atoms with Crippen molar-refractivity contribution in [2.45, 2.75) is 31.4 Å². The van der Waals surface area contributed by atoms with Gasteiger partial charge < -0.3 is 10.2 Å². The maximum absolute atomic E-state index is 4.40. The molecule has 2 aromatic heterocycles. The molecule has 0 aromatic carbocycles. The summed E-state index contributed by atoms with van der Waals surface area (Å²) in [5.41, 5.74) is 5.12. The second-order valence-corrected chi connectivity index (χ2v) is 8.29. The molecule has 1 saturated heterocycles. The van der Waals surface area contributed by atoms with Crippen molar-refractivity contribution in [1.82, 2.24) is 20.4 Å². The van der Waals surface area contributed by atoms with Gasteiger partial charge in [0.05, 0.1) is 11.4 Å². The first-order chi connectivity index (χ1) is 12.3. The van der Waals surface area contributed by atoms with E-state index in [-0.39, 0.29) is 0 Å². The van der Waals surface area contributed by atoms with Crippen molar-refractivity contribution in [3.05, 3.63) is 34.6 Å². The number of hydrogen-bond acceptors (Lipinski definition) is 7. The van der Waals surface area contributed by atoms with Gasteiger partial charge in [-0.25, -0.2) is 0 Å². The summed E-state index contributed by atoms with van der Waals surface area (Å²) in [7, 11) is 0. The van der Waals surface area contributed by atoms with E-state index in [1.165, 1.54) is 28.9 Å². The number of aryl methyl sites for hydroxylation is 3. The Kier molecular flexibility index (Phi) is 3.96. The van der Waals surface area contributed by atoms with Gasteiger partial charge in [-0.1, -0.05) is 0 Å². The van der Waals surface area contributed by atoms with Gasteiger partial charge in [0.2, 0.25) is 0 Å². The van der Waals surface area contributed by atoms with Crippen LogP contribution in [0.15, 0.2) is 12.1 Å². The molecule has 0 spiro atoms. The van der Waals surface area contributed by atoms with Crippen LogP contribution in [0.4, 0.5) is 11.6 Å². The molecule has 1 fully saturated rings. The molecule has 0 amide bonds. The highest BCUT2D eigenvalue weighted by Crippen LogP contribution is 2.28. The van der Waals surface area contributed by atoms with Crippen LogP contribution in [0.5, 0.6) is 0 Å². The Labute approximate surface area is 151 Å². The zero-order chi connectivity index (χ0) is 16.6. The first-order valence-electron chi connectivity index (χ1n) is 9.13. The molecule has 1 N–H and O–H groups in total. The largest absolute Gasteiger partial charge is 0.368 e. The highest BCUT2D eigenvalue weighted by Gasteiger charge is 2.29. The van der Waals surface area contributed by atoms with Crippen LogP contribution in [-0.4, -0.2) is 45.8 Å². The van der Waals surface area contributed by atoms with E-state index in [2.05, 4.69) is 42.7 Å². The molecule has 4 heterocycles. The third-order valence-electron chi connectivity index (χ3n) is 5.36. The van der Waals surface area contributed by atoms with Crippen molar-refractivity contribution in [2.24, 2.45) is 5.92 Å². The molecule has 5 rings (SSSR count). The second kappa shape index (κ2) is 6.44. The number of thioether (sulfide) groups is 1. The summed E-state index contributed by atoms with van der Waals surface area (Å²) < 4.78 is 0. The Bertz CT molecular complexity index is 789. The van der Waals surface area contributed by atoms with Crippen LogP contribution in [0.3, 0.4) is 0 Å². The lowest BCUT2D eigenvalue weighted by Gasteiger charge is -2.40. The maximum atomic E-state index is 4.40. The SMILES string of the molecule is c1c(NCC2CN(c3cc4c(nn3)CCC4)C2)nnc2c1CSCC2. The van der Waals surface area contributed by atoms with Crippen LogP contribution in [0.2, 0.25) is 0 Å². The lowest BCUT2D eigenvalue weighted by Crippen LogP contribution is -2.50. The molecular formula is C18H22N6S. The monoisotopic (exact) mass is 354 g/mol. The Balaban J connectivity index is 1.15. The van der Waals surface area contributed by atoms with Crippen molar-refractivity contribution in [1.29, 1.82) is 0 Å². The first kappa shape index (κ1) is 15.4. The quantitative estimate of drug-likeness (QED) is 0.902. The molecule has 2 aliphatic heterocycles. The molecule has 6 nitrogen and oxygen atoms in total. The van der Waals surface area contributed by atoms with Crippen molar-refractivity contribution < 1.29 is 0 Å². The molecule has 0 radical (unpaired) electrons. The first-order valence-corrected chi connectivity index (χ1v) is 10.3. The second-order valence-electron chi connectivity index (χ2n) is 7.18. The lowest BCUT2D eigenvalue weighted by atomic mass is 10.00. The Morgan fingerprint density at radius 1 is 1.00 bits per heavy atom. The zero-order valence-corrected chi connectivity index (χ0v) is 15.1. The average Bonchev–Trinajstić information content (AvgIpc) is 3.08. The lowest BCUT2D eigenvalue weighted by molar-refractivity contribution is 0.424. The van der Waals surface area contributed by atoms with Crippen LogP contribution in [0.1, 0.15) is 28.9 Å². The summed E-state index contributed by atoms with van der Waals surface area (Å²) in [5, 5.41) is 21.0. The predicted octanol–water partition coefficient (Wildman–Crippen LogP) is 2.09. The average molecular weight is 354 g/mol. The third-order valence-corrected chi connectivity index (χ3v) is 6.37. The van der Waals surface area contributed by atoms with E-state index < -0.39 is 0 Å². The summed E-state index contributed by atoms with van der Waals surface area (Å²) in [6.45, 7) is 3.01. The van der Waals surface area contributed by atoms with E-state index in [0.717, 1.165) is 62.0 Å². The van der Waals surface area contributed by atoms with Crippen molar-refractivity contribution in [3.8, 4) is 0 Å². The normalized spacial score (nSPS) is 19.3. The van der Waals surface area contributed by atoms with Gasteiger partial charge in [-0.2, -0.15) is 22.0 Å². The van der Waals surface area contributed by atoms with Gasteiger partial charge in [0.1, 0.15) is 5.82 Å². The van der Waals surface area contributed by atoms with E-state index in [1.807, 2.05) is 11.8 Å². The number of nitrogens with zero attached hydrogens (tertiary/aromatic N) is 5. The molecule has 0 bridgehead atoms. The standard InChI is InChI=1S/C18H22N6S/c1-2-13-7-18(23-21-15(13)3-1)24-9-12(10-24)8-19-17-6-14-11-25-5-4-16(14)20-22-17/h6-7,12H,1-5,8-11H2,(H,19,22). The van der Waals surface area contributed by atoms with Crippen molar-refractivity contribution >= 4 is 23.4 Å². The van der Waals surface area contributed by atoms with E-state index >= 15 is 0 Å². The number of aromatic nitrogens is 4. The summed E-state index contributed by atoms with van der Waals surface area (Å²) in [4.78, 5) is 2.33. The van der Waals surface area contributed by atoms with Gasteiger partial charge in [-0.15, -0.1) is 10.2 Å². The van der Waals surface area contributed by atoms with Gasteiger partial charge in [0.15, 0.2) is 5.82 Å². The van der Waals surface area contributed by atoms with Crippen molar-refractivity contribution in [2.75, 3.05) is 35.6 Å². The highest BCUT2D eigenvalue weighted by atomic mass is 32.2. The van der Waals surface area contributed by atoms with Crippen LogP contribution < -0.4 is 10.2 Å². The van der Waals surface area contributed by atoms with Crippen molar-refractivity contribution in [3.63, 3.8) is 0 Å². The molecule has 0 atom stereocenters. The molecule has 2 aromatic rings. The van der Waals surface area contributed by atoms with Crippen LogP contribution in [-0.2, 0) is 25.0 Å². The Hall–Kier alpha value is -1.89. The molecular weight excluding hydrogens is 332 g/mol. The molecule has 7 heteroatoms. The van der Waals surface area contributed by atoms with Gasteiger partial charge in [-0.05, 0) is 48.3 Å². The highest BCUT2D eigenvalue weighted by molar-refractivity contribution is 7.98. The van der Waals surface area contributed by atoms with E-state index in [1.54, 1.807) is 0 Å². The fourth-order valence-electron chi connectivity index (χ4n) is 3.84. The fourth-order valence-corrected chi connectivity index (χ4v) is 4.79. The molecule has 0 unspecified atom stereocenters. The number of anilines is 2. The fraction of sp³-hybridized carbons (Fsp3) is 0.556.